The highest BCUT2D eigenvalue weighted by Gasteiger charge is 2.18. The minimum Gasteiger partial charge on any atom is -0.379 e. The number of carbonyl (C=O) groups is 1. The number of para-hydroxylation sites is 1. The Labute approximate surface area is 226 Å². The summed E-state index contributed by atoms with van der Waals surface area (Å²) in [5.74, 6) is 0.273. The Morgan fingerprint density at radius 2 is 1.72 bits per heavy atom. The highest BCUT2D eigenvalue weighted by molar-refractivity contribution is 5.93. The first-order valence-corrected chi connectivity index (χ1v) is 13.2. The SMILES string of the molecule is O=C(CCN(CCCN1CCOCC1)c1nc(-c2ccc(F)cc2)nc2ccccc12)Nc1cccc(F)c1. The molecule has 1 saturated heterocycles. The van der Waals surface area contributed by atoms with E-state index in [4.69, 9.17) is 14.7 Å². The van der Waals surface area contributed by atoms with Crippen molar-refractivity contribution in [3.05, 3.63) is 84.4 Å². The van der Waals surface area contributed by atoms with Crippen molar-refractivity contribution in [1.82, 2.24) is 14.9 Å². The van der Waals surface area contributed by atoms with Crippen molar-refractivity contribution in [3.8, 4) is 11.4 Å². The normalized spacial score (nSPS) is 13.9. The van der Waals surface area contributed by atoms with E-state index in [-0.39, 0.29) is 18.1 Å². The average Bonchev–Trinajstić information content (AvgIpc) is 2.95. The number of rotatable bonds is 10. The van der Waals surface area contributed by atoms with Gasteiger partial charge in [-0.2, -0.15) is 0 Å². The number of fused-ring (bicyclic) bond motifs is 1. The molecule has 1 aromatic heterocycles. The van der Waals surface area contributed by atoms with E-state index < -0.39 is 5.82 Å². The molecule has 202 valence electrons. The van der Waals surface area contributed by atoms with Gasteiger partial charge in [-0.15, -0.1) is 0 Å². The number of morpholine rings is 1. The van der Waals surface area contributed by atoms with E-state index in [1.54, 1.807) is 24.3 Å². The molecular weight excluding hydrogens is 500 g/mol. The zero-order valence-corrected chi connectivity index (χ0v) is 21.7. The Balaban J connectivity index is 1.40. The molecule has 4 aromatic rings. The van der Waals surface area contributed by atoms with Crippen LogP contribution in [0.1, 0.15) is 12.8 Å². The van der Waals surface area contributed by atoms with Crippen LogP contribution in [-0.4, -0.2) is 66.7 Å². The number of amides is 1. The minimum absolute atomic E-state index is 0.193. The van der Waals surface area contributed by atoms with Crippen LogP contribution in [0.4, 0.5) is 20.3 Å². The largest absolute Gasteiger partial charge is 0.379 e. The molecule has 3 aromatic carbocycles. The predicted octanol–water partition coefficient (Wildman–Crippen LogP) is 5.13. The van der Waals surface area contributed by atoms with Gasteiger partial charge in [0.2, 0.25) is 5.91 Å². The number of carbonyl (C=O) groups excluding carboxylic acids is 1. The Morgan fingerprint density at radius 1 is 0.923 bits per heavy atom. The van der Waals surface area contributed by atoms with E-state index in [1.807, 2.05) is 24.3 Å². The molecule has 0 spiro atoms. The van der Waals surface area contributed by atoms with Crippen molar-refractivity contribution >= 4 is 28.3 Å². The van der Waals surface area contributed by atoms with Gasteiger partial charge in [-0.1, -0.05) is 18.2 Å². The third-order valence-electron chi connectivity index (χ3n) is 6.71. The van der Waals surface area contributed by atoms with Gasteiger partial charge >= 0.3 is 0 Å². The molecule has 1 aliphatic rings. The maximum Gasteiger partial charge on any atom is 0.226 e. The highest BCUT2D eigenvalue weighted by Crippen LogP contribution is 2.28. The van der Waals surface area contributed by atoms with Crippen molar-refractivity contribution in [1.29, 1.82) is 0 Å². The number of halogens is 2. The molecule has 9 heteroatoms. The Bertz CT molecular complexity index is 1410. The lowest BCUT2D eigenvalue weighted by Crippen LogP contribution is -2.38. The zero-order chi connectivity index (χ0) is 27.0. The van der Waals surface area contributed by atoms with Crippen LogP contribution in [0.2, 0.25) is 0 Å². The van der Waals surface area contributed by atoms with E-state index >= 15 is 0 Å². The second-order valence-electron chi connectivity index (χ2n) is 9.50. The maximum absolute atomic E-state index is 13.6. The third-order valence-corrected chi connectivity index (χ3v) is 6.71. The predicted molar refractivity (Wildman–Crippen MR) is 149 cm³/mol. The smallest absolute Gasteiger partial charge is 0.226 e. The van der Waals surface area contributed by atoms with E-state index in [0.29, 0.717) is 30.2 Å². The van der Waals surface area contributed by atoms with Gasteiger partial charge in [-0.3, -0.25) is 9.69 Å². The molecule has 39 heavy (non-hydrogen) atoms. The number of anilines is 2. The molecule has 1 amide bonds. The van der Waals surface area contributed by atoms with Gasteiger partial charge < -0.3 is 15.0 Å². The lowest BCUT2D eigenvalue weighted by Gasteiger charge is -2.29. The van der Waals surface area contributed by atoms with Crippen LogP contribution in [0.3, 0.4) is 0 Å². The lowest BCUT2D eigenvalue weighted by atomic mass is 10.1. The van der Waals surface area contributed by atoms with Crippen LogP contribution >= 0.6 is 0 Å². The van der Waals surface area contributed by atoms with Crippen LogP contribution in [0.5, 0.6) is 0 Å². The van der Waals surface area contributed by atoms with E-state index in [0.717, 1.165) is 56.0 Å². The molecule has 0 bridgehead atoms. The van der Waals surface area contributed by atoms with Crippen LogP contribution in [0, 0.1) is 11.6 Å². The van der Waals surface area contributed by atoms with Crippen molar-refractivity contribution < 1.29 is 18.3 Å². The molecule has 0 unspecified atom stereocenters. The summed E-state index contributed by atoms with van der Waals surface area (Å²) in [7, 11) is 0. The number of nitrogens with one attached hydrogen (secondary N) is 1. The van der Waals surface area contributed by atoms with Crippen molar-refractivity contribution in [3.63, 3.8) is 0 Å². The first kappa shape index (κ1) is 26.6. The summed E-state index contributed by atoms with van der Waals surface area (Å²) in [5.41, 5.74) is 1.90. The third kappa shape index (κ3) is 7.13. The lowest BCUT2D eigenvalue weighted by molar-refractivity contribution is -0.116. The standard InChI is InChI=1S/C30H31F2N5O2/c31-23-11-9-22(10-12-23)29-34-27-8-2-1-7-26(27)30(35-29)37(15-4-14-36-17-19-39-20-18-36)16-13-28(38)33-25-6-3-5-24(32)21-25/h1-3,5-12,21H,4,13-20H2,(H,33,38). The number of hydrogen-bond acceptors (Lipinski definition) is 6. The molecule has 2 heterocycles. The maximum atomic E-state index is 13.6. The molecule has 0 radical (unpaired) electrons. The van der Waals surface area contributed by atoms with Gasteiger partial charge in [0.25, 0.3) is 0 Å². The number of nitrogens with zero attached hydrogens (tertiary/aromatic N) is 4. The minimum atomic E-state index is -0.404. The summed E-state index contributed by atoms with van der Waals surface area (Å²) in [6.45, 7) is 5.28. The Kier molecular flexibility index (Phi) is 8.70. The van der Waals surface area contributed by atoms with Crippen LogP contribution in [0.25, 0.3) is 22.3 Å². The molecule has 5 rings (SSSR count). The topological polar surface area (TPSA) is 70.6 Å². The van der Waals surface area contributed by atoms with Crippen molar-refractivity contribution in [2.75, 3.05) is 56.2 Å². The van der Waals surface area contributed by atoms with Crippen LogP contribution in [-0.2, 0) is 9.53 Å². The average molecular weight is 532 g/mol. The van der Waals surface area contributed by atoms with Crippen LogP contribution < -0.4 is 10.2 Å². The van der Waals surface area contributed by atoms with Crippen molar-refractivity contribution in [2.45, 2.75) is 12.8 Å². The molecule has 1 fully saturated rings. The fourth-order valence-electron chi connectivity index (χ4n) is 4.69. The number of aromatic nitrogens is 2. The summed E-state index contributed by atoms with van der Waals surface area (Å²) in [6.07, 6.45) is 1.06. The molecule has 1 N–H and O–H groups in total. The second-order valence-corrected chi connectivity index (χ2v) is 9.50. The van der Waals surface area contributed by atoms with Gasteiger partial charge in [0.1, 0.15) is 17.5 Å². The molecule has 1 aliphatic heterocycles. The second kappa shape index (κ2) is 12.7. The van der Waals surface area contributed by atoms with Gasteiger partial charge in [0, 0.05) is 55.8 Å². The summed E-state index contributed by atoms with van der Waals surface area (Å²) >= 11 is 0. The Hall–Kier alpha value is -3.95. The van der Waals surface area contributed by atoms with Crippen LogP contribution in [0.15, 0.2) is 72.8 Å². The Morgan fingerprint density at radius 3 is 2.51 bits per heavy atom. The summed E-state index contributed by atoms with van der Waals surface area (Å²) in [5, 5.41) is 3.66. The van der Waals surface area contributed by atoms with E-state index in [9.17, 15) is 13.6 Å². The molecule has 0 aliphatic carbocycles. The number of ether oxygens (including phenoxy) is 1. The van der Waals surface area contributed by atoms with Gasteiger partial charge in [0.15, 0.2) is 5.82 Å². The first-order valence-electron chi connectivity index (χ1n) is 13.2. The molecular formula is C30H31F2N5O2. The van der Waals surface area contributed by atoms with Gasteiger partial charge in [-0.05, 0) is 61.0 Å². The fraction of sp³-hybridized carbons (Fsp3) is 0.300. The number of hydrogen-bond donors (Lipinski definition) is 1. The summed E-state index contributed by atoms with van der Waals surface area (Å²) in [6, 6.07) is 19.7. The number of benzene rings is 3. The molecule has 0 atom stereocenters. The molecule has 7 nitrogen and oxygen atoms in total. The summed E-state index contributed by atoms with van der Waals surface area (Å²) < 4.78 is 32.6. The van der Waals surface area contributed by atoms with Crippen molar-refractivity contribution in [2.24, 2.45) is 0 Å². The van der Waals surface area contributed by atoms with Gasteiger partial charge in [-0.25, -0.2) is 18.7 Å². The fourth-order valence-corrected chi connectivity index (χ4v) is 4.69. The summed E-state index contributed by atoms with van der Waals surface area (Å²) in [4.78, 5) is 27.0. The quantitative estimate of drug-likeness (QED) is 0.306. The van der Waals surface area contributed by atoms with E-state index in [1.165, 1.54) is 24.3 Å². The monoisotopic (exact) mass is 531 g/mol. The molecule has 0 saturated carbocycles. The highest BCUT2D eigenvalue weighted by atomic mass is 19.1. The first-order chi connectivity index (χ1) is 19.0. The van der Waals surface area contributed by atoms with Gasteiger partial charge in [0.05, 0.1) is 18.7 Å². The zero-order valence-electron chi connectivity index (χ0n) is 21.7. The van der Waals surface area contributed by atoms with E-state index in [2.05, 4.69) is 15.1 Å².